The van der Waals surface area contributed by atoms with Crippen LogP contribution in [0, 0.1) is 0 Å². The van der Waals surface area contributed by atoms with E-state index in [1.54, 1.807) is 85.4 Å². The molecule has 6 atom stereocenters. The molecule has 4 aromatic rings. The smallest absolute Gasteiger partial charge is 0.411 e. The molecule has 5 heterocycles. The number of fused-ring (bicyclic) bond motifs is 2. The molecule has 0 saturated carbocycles. The van der Waals surface area contributed by atoms with Gasteiger partial charge in [-0.15, -0.1) is 0 Å². The van der Waals surface area contributed by atoms with Crippen LogP contribution in [0.1, 0.15) is 239 Å². The van der Waals surface area contributed by atoms with E-state index in [0.29, 0.717) is 51.3 Å². The van der Waals surface area contributed by atoms with Crippen molar-refractivity contribution in [1.29, 1.82) is 0 Å². The number of piperidine rings is 3. The molecule has 6 amide bonds. The lowest BCUT2D eigenvalue weighted by Crippen LogP contribution is -2.64. The van der Waals surface area contributed by atoms with Crippen molar-refractivity contribution in [2.45, 2.75) is 274 Å². The van der Waals surface area contributed by atoms with Gasteiger partial charge in [-0.1, -0.05) is 151 Å². The normalized spacial score (nSPS) is 17.6. The fourth-order valence-corrected chi connectivity index (χ4v) is 10.6. The topological polar surface area (TPSA) is 324 Å². The van der Waals surface area contributed by atoms with Crippen molar-refractivity contribution in [3.63, 3.8) is 0 Å². The number of unbranched alkanes of at least 4 members (excludes halogenated alkanes) is 1. The number of pyridine rings is 1. The SMILES string of the molecule is CCC.CCC(=O)c1ccccc1.CCCC.CCOC(=O)C1CCCC(CNC(=O)OC(C)(C)C)N1.CCOC(=O)C1CCCC(CNC(=O)OC(C)(C)C)N1C(=O)OCc1ccccc1.CCOC(=O)c1cccc(CNC(=O)OC(C)(C)C)n1.O=C1NCC2CCCC1N2C(=O)OCc1ccccc1. The number of Topliss-reactive ketones (excluding diaryl/α,β-unsaturated/α-hetero) is 1. The van der Waals surface area contributed by atoms with Crippen LogP contribution in [0.4, 0.5) is 24.0 Å². The summed E-state index contributed by atoms with van der Waals surface area (Å²) in [6.45, 7) is 34.4. The van der Waals surface area contributed by atoms with Crippen molar-refractivity contribution >= 4 is 60.1 Å². The van der Waals surface area contributed by atoms with Crippen LogP contribution in [0.15, 0.2) is 109 Å². The lowest BCUT2D eigenvalue weighted by atomic mass is 9.92. The number of rotatable bonds is 19. The van der Waals surface area contributed by atoms with Crippen LogP contribution in [-0.2, 0) is 72.0 Å². The highest BCUT2D eigenvalue weighted by Gasteiger charge is 2.43. The minimum absolute atomic E-state index is 0.0578. The van der Waals surface area contributed by atoms with Crippen LogP contribution in [0.2, 0.25) is 0 Å². The van der Waals surface area contributed by atoms with Gasteiger partial charge in [0, 0.05) is 37.7 Å². The predicted molar refractivity (Wildman–Crippen MR) is 410 cm³/mol. The summed E-state index contributed by atoms with van der Waals surface area (Å²) in [5.74, 6) is -1.00. The molecule has 4 saturated heterocycles. The quantitative estimate of drug-likeness (QED) is 0.0331. The van der Waals surface area contributed by atoms with Crippen molar-refractivity contribution in [2.75, 3.05) is 39.5 Å². The largest absolute Gasteiger partial charge is 0.465 e. The van der Waals surface area contributed by atoms with E-state index < -0.39 is 65.2 Å². The van der Waals surface area contributed by atoms with Gasteiger partial charge in [0.15, 0.2) is 5.78 Å². The lowest BCUT2D eigenvalue weighted by molar-refractivity contribution is -0.151. The number of ketones is 1. The van der Waals surface area contributed by atoms with Gasteiger partial charge in [-0.25, -0.2) is 38.5 Å². The number of nitrogens with zero attached hydrogens (tertiary/aromatic N) is 3. The van der Waals surface area contributed by atoms with Crippen LogP contribution in [0.3, 0.4) is 0 Å². The number of hydrogen-bond acceptors (Lipinski definition) is 20. The molecule has 2 bridgehead atoms. The summed E-state index contributed by atoms with van der Waals surface area (Å²) in [7, 11) is 0. The molecule has 3 aromatic carbocycles. The molecule has 4 fully saturated rings. The number of alkyl carbamates (subject to hydrolysis) is 3. The number of hydrogen-bond donors (Lipinski definition) is 5. The summed E-state index contributed by atoms with van der Waals surface area (Å²) >= 11 is 0. The highest BCUT2D eigenvalue weighted by molar-refractivity contribution is 5.95. The molecule has 0 radical (unpaired) electrons. The predicted octanol–water partition coefficient (Wildman–Crippen LogP) is 14.7. The first-order valence-electron chi connectivity index (χ1n) is 37.7. The van der Waals surface area contributed by atoms with Crippen LogP contribution < -0.4 is 26.6 Å². The Balaban J connectivity index is 0.000000456. The van der Waals surface area contributed by atoms with E-state index in [4.69, 9.17) is 37.9 Å². The number of carbonyl (C=O) groups excluding carboxylic acids is 10. The fourth-order valence-electron chi connectivity index (χ4n) is 10.6. The minimum atomic E-state index is -0.743. The summed E-state index contributed by atoms with van der Waals surface area (Å²) in [5.41, 5.74) is 1.70. The van der Waals surface area contributed by atoms with Gasteiger partial charge in [0.1, 0.15) is 53.8 Å². The van der Waals surface area contributed by atoms with Crippen molar-refractivity contribution in [3.8, 4) is 0 Å². The summed E-state index contributed by atoms with van der Waals surface area (Å²) in [5, 5.41) is 14.1. The average Bonchev–Trinajstić information content (AvgIpc) is 0.801. The van der Waals surface area contributed by atoms with Crippen LogP contribution in [0.25, 0.3) is 0 Å². The molecule has 5 N–H and O–H groups in total. The van der Waals surface area contributed by atoms with E-state index in [-0.39, 0.29) is 86.5 Å². The van der Waals surface area contributed by atoms with Gasteiger partial charge in [0.2, 0.25) is 5.91 Å². The van der Waals surface area contributed by atoms with E-state index in [9.17, 15) is 47.9 Å². The molecule has 26 nitrogen and oxygen atoms in total. The Hall–Kier alpha value is -9.33. The third-order valence-electron chi connectivity index (χ3n) is 15.5. The molecule has 0 aliphatic carbocycles. The Labute approximate surface area is 635 Å². The van der Waals surface area contributed by atoms with Gasteiger partial charge in [-0.05, 0) is 164 Å². The number of amides is 6. The van der Waals surface area contributed by atoms with E-state index in [1.807, 2.05) is 119 Å². The number of benzene rings is 3. The van der Waals surface area contributed by atoms with Crippen LogP contribution in [-0.4, -0.2) is 167 Å². The molecular formula is C81H124N8O18. The number of piperazine rings is 1. The monoisotopic (exact) mass is 1500 g/mol. The standard InChI is InChI=1S/C22H32N2O6.C15H18N2O3.C14H26N2O4.C14H20N2O4.C9H10O.C4H10.C3H8/c1-5-28-19(25)18-13-9-12-17(14-23-20(26)30-22(2,3)4)24(18)21(27)29-15-16-10-7-6-8-11-16;18-14-13-8-4-7-12(9-16-14)17(13)15(19)20-10-11-5-2-1-3-6-11;2*1-5-19-12(17)11-8-6-7-10(16-11)9-15-13(18)20-14(2,3)4;1-2-9(10)8-6-4-3-5-7-8;1-3-4-2;1-3-2/h6-8,10-11,17-18H,5,9,12-15H2,1-4H3,(H,23,26);1-3,5-6,12-13H,4,7-10H2,(H,16,18);10-11,16H,5-9H2,1-4H3,(H,15,18);6-8H,5,9H2,1-4H3,(H,15,18);3-7H,2H2,1H3;3-4H2,1-2H3;3H2,1-2H3. The molecular weight excluding hydrogens is 1370 g/mol. The molecule has 0 spiro atoms. The molecule has 6 unspecified atom stereocenters. The van der Waals surface area contributed by atoms with Crippen molar-refractivity contribution in [2.24, 2.45) is 0 Å². The first kappa shape index (κ1) is 93.8. The minimum Gasteiger partial charge on any atom is -0.465 e. The Morgan fingerprint density at radius 2 is 0.981 bits per heavy atom. The van der Waals surface area contributed by atoms with Crippen LogP contribution in [0.5, 0.6) is 0 Å². The van der Waals surface area contributed by atoms with E-state index in [2.05, 4.69) is 59.3 Å². The highest BCUT2D eigenvalue weighted by Crippen LogP contribution is 2.28. The Morgan fingerprint density at radius 3 is 1.49 bits per heavy atom. The van der Waals surface area contributed by atoms with Gasteiger partial charge in [0.05, 0.1) is 44.1 Å². The van der Waals surface area contributed by atoms with E-state index >= 15 is 0 Å². The zero-order valence-electron chi connectivity index (χ0n) is 66.6. The summed E-state index contributed by atoms with van der Waals surface area (Å²) in [6.07, 6.45) is 9.10. The van der Waals surface area contributed by atoms with E-state index in [1.165, 1.54) is 24.2 Å². The first-order chi connectivity index (χ1) is 50.8. The number of carbonyl (C=O) groups is 10. The molecule has 4 aliphatic heterocycles. The highest BCUT2D eigenvalue weighted by atomic mass is 16.6. The second kappa shape index (κ2) is 51.0. The molecule has 8 rings (SSSR count). The zero-order valence-corrected chi connectivity index (χ0v) is 66.6. The molecule has 26 heteroatoms. The summed E-state index contributed by atoms with van der Waals surface area (Å²) in [6, 6.07) is 31.6. The molecule has 107 heavy (non-hydrogen) atoms. The number of aromatic nitrogens is 1. The van der Waals surface area contributed by atoms with Gasteiger partial charge in [-0.3, -0.25) is 29.5 Å². The van der Waals surface area contributed by atoms with Gasteiger partial charge in [-0.2, -0.15) is 0 Å². The van der Waals surface area contributed by atoms with Crippen molar-refractivity contribution < 1.29 is 85.8 Å². The maximum Gasteiger partial charge on any atom is 0.411 e. The summed E-state index contributed by atoms with van der Waals surface area (Å²) in [4.78, 5) is 126. The Morgan fingerprint density at radius 1 is 0.505 bits per heavy atom. The maximum atomic E-state index is 12.9. The van der Waals surface area contributed by atoms with Crippen LogP contribution >= 0.6 is 0 Å². The number of likely N-dealkylation sites (tertiary alicyclic amines) is 1. The number of nitrogens with one attached hydrogen (secondary N) is 5. The first-order valence-corrected chi connectivity index (χ1v) is 37.7. The van der Waals surface area contributed by atoms with Crippen molar-refractivity contribution in [3.05, 3.63) is 137 Å². The lowest BCUT2D eigenvalue weighted by Gasteiger charge is -2.44. The third-order valence-corrected chi connectivity index (χ3v) is 15.5. The summed E-state index contributed by atoms with van der Waals surface area (Å²) < 4.78 is 41.4. The molecule has 4 aliphatic rings. The second-order valence-corrected chi connectivity index (χ2v) is 28.4. The average molecular weight is 1500 g/mol. The van der Waals surface area contributed by atoms with Gasteiger partial charge in [0.25, 0.3) is 0 Å². The second-order valence-electron chi connectivity index (χ2n) is 28.4. The Bertz CT molecular complexity index is 3270. The number of esters is 3. The molecule has 596 valence electrons. The molecule has 1 aromatic heterocycles. The number of ether oxygens (including phenoxy) is 8. The maximum absolute atomic E-state index is 12.9. The fraction of sp³-hybridized carbons (Fsp3) is 0.593. The van der Waals surface area contributed by atoms with Crippen molar-refractivity contribution in [1.82, 2.24) is 41.4 Å². The van der Waals surface area contributed by atoms with Gasteiger partial charge < -0.3 is 59.2 Å². The third kappa shape index (κ3) is 39.7. The Kier molecular flexibility index (Phi) is 44.7. The van der Waals surface area contributed by atoms with E-state index in [0.717, 1.165) is 61.6 Å². The zero-order chi connectivity index (χ0) is 80.0. The van der Waals surface area contributed by atoms with Gasteiger partial charge >= 0.3 is 48.4 Å².